The van der Waals surface area contributed by atoms with E-state index in [9.17, 15) is 4.79 Å². The molecular weight excluding hydrogens is 234 g/mol. The molecule has 0 amide bonds. The Balaban J connectivity index is 2.24. The van der Waals surface area contributed by atoms with E-state index in [1.807, 2.05) is 19.0 Å². The second kappa shape index (κ2) is 5.10. The number of fused-ring (bicyclic) bond motifs is 1. The summed E-state index contributed by atoms with van der Waals surface area (Å²) in [6.07, 6.45) is 0. The van der Waals surface area contributed by atoms with Gasteiger partial charge in [0.25, 0.3) is 0 Å². The highest BCUT2D eigenvalue weighted by atomic mass is 16.5. The van der Waals surface area contributed by atoms with Crippen molar-refractivity contribution in [2.45, 2.75) is 0 Å². The van der Waals surface area contributed by atoms with Crippen LogP contribution in [0.15, 0.2) is 28.7 Å². The van der Waals surface area contributed by atoms with Gasteiger partial charge in [0.05, 0.1) is 5.39 Å². The van der Waals surface area contributed by atoms with Crippen LogP contribution in [0.1, 0.15) is 10.6 Å². The normalized spacial score (nSPS) is 11.1. The highest BCUT2D eigenvalue weighted by Crippen LogP contribution is 2.28. The first-order valence-corrected chi connectivity index (χ1v) is 5.61. The van der Waals surface area contributed by atoms with E-state index in [2.05, 4.69) is 0 Å². The molecule has 1 aromatic heterocycles. The van der Waals surface area contributed by atoms with Gasteiger partial charge in [-0.25, -0.2) is 4.79 Å². The van der Waals surface area contributed by atoms with E-state index in [1.165, 1.54) is 6.07 Å². The summed E-state index contributed by atoms with van der Waals surface area (Å²) >= 11 is 0. The summed E-state index contributed by atoms with van der Waals surface area (Å²) in [5, 5.41) is 9.57. The first-order valence-electron chi connectivity index (χ1n) is 5.61. The van der Waals surface area contributed by atoms with Crippen molar-refractivity contribution >= 4 is 16.9 Å². The minimum Gasteiger partial charge on any atom is -0.491 e. The van der Waals surface area contributed by atoms with Gasteiger partial charge in [-0.2, -0.15) is 0 Å². The molecule has 0 radical (unpaired) electrons. The second-order valence-corrected chi connectivity index (χ2v) is 4.24. The number of hydrogen-bond acceptors (Lipinski definition) is 4. The molecule has 1 aromatic carbocycles. The first-order chi connectivity index (χ1) is 8.58. The zero-order valence-corrected chi connectivity index (χ0v) is 10.3. The lowest BCUT2D eigenvalue weighted by atomic mass is 10.2. The fourth-order valence-corrected chi connectivity index (χ4v) is 1.60. The molecule has 2 rings (SSSR count). The van der Waals surface area contributed by atoms with Crippen LogP contribution in [-0.4, -0.2) is 43.2 Å². The monoisotopic (exact) mass is 249 g/mol. The third-order valence-corrected chi connectivity index (χ3v) is 2.53. The molecule has 1 heterocycles. The minimum atomic E-state index is -1.08. The van der Waals surface area contributed by atoms with Crippen molar-refractivity contribution in [2.75, 3.05) is 27.2 Å². The van der Waals surface area contributed by atoms with Gasteiger partial charge in [-0.1, -0.05) is 6.07 Å². The smallest absolute Gasteiger partial charge is 0.371 e. The SMILES string of the molecule is CN(C)CCOc1cccc2oc(C(=O)O)cc12. The lowest BCUT2D eigenvalue weighted by Crippen LogP contribution is -2.19. The van der Waals surface area contributed by atoms with Crippen LogP contribution in [0, 0.1) is 0 Å². The van der Waals surface area contributed by atoms with E-state index in [-0.39, 0.29) is 5.76 Å². The van der Waals surface area contributed by atoms with Gasteiger partial charge in [0.1, 0.15) is 17.9 Å². The zero-order chi connectivity index (χ0) is 13.1. The third-order valence-electron chi connectivity index (χ3n) is 2.53. The summed E-state index contributed by atoms with van der Waals surface area (Å²) in [5.41, 5.74) is 0.523. The molecule has 96 valence electrons. The average molecular weight is 249 g/mol. The van der Waals surface area contributed by atoms with E-state index in [0.29, 0.717) is 23.3 Å². The van der Waals surface area contributed by atoms with E-state index < -0.39 is 5.97 Å². The minimum absolute atomic E-state index is 0.0753. The summed E-state index contributed by atoms with van der Waals surface area (Å²) in [6.45, 7) is 1.33. The van der Waals surface area contributed by atoms with Gasteiger partial charge < -0.3 is 19.2 Å². The van der Waals surface area contributed by atoms with Crippen LogP contribution in [0.25, 0.3) is 11.0 Å². The Labute approximate surface area is 105 Å². The van der Waals surface area contributed by atoms with Gasteiger partial charge in [0.2, 0.25) is 5.76 Å². The maximum Gasteiger partial charge on any atom is 0.371 e. The largest absolute Gasteiger partial charge is 0.491 e. The molecule has 0 aliphatic carbocycles. The van der Waals surface area contributed by atoms with Crippen LogP contribution >= 0.6 is 0 Å². The molecule has 5 heteroatoms. The summed E-state index contributed by atoms with van der Waals surface area (Å²) in [5.74, 6) is -0.510. The number of carbonyl (C=O) groups is 1. The fraction of sp³-hybridized carbons (Fsp3) is 0.308. The maximum atomic E-state index is 10.8. The van der Waals surface area contributed by atoms with Crippen molar-refractivity contribution in [1.82, 2.24) is 4.90 Å². The first kappa shape index (κ1) is 12.4. The highest BCUT2D eigenvalue weighted by Gasteiger charge is 2.13. The van der Waals surface area contributed by atoms with E-state index in [4.69, 9.17) is 14.3 Å². The number of hydrogen-bond donors (Lipinski definition) is 1. The zero-order valence-electron chi connectivity index (χ0n) is 10.3. The second-order valence-electron chi connectivity index (χ2n) is 4.24. The van der Waals surface area contributed by atoms with Gasteiger partial charge in [-0.3, -0.25) is 0 Å². The van der Waals surface area contributed by atoms with Crippen LogP contribution < -0.4 is 4.74 Å². The van der Waals surface area contributed by atoms with Crippen LogP contribution in [0.5, 0.6) is 5.75 Å². The molecule has 0 aliphatic rings. The summed E-state index contributed by atoms with van der Waals surface area (Å²) < 4.78 is 10.8. The van der Waals surface area contributed by atoms with Crippen LogP contribution in [0.4, 0.5) is 0 Å². The van der Waals surface area contributed by atoms with Crippen LogP contribution in [0.2, 0.25) is 0 Å². The van der Waals surface area contributed by atoms with Crippen LogP contribution in [-0.2, 0) is 0 Å². The van der Waals surface area contributed by atoms with Crippen molar-refractivity contribution in [2.24, 2.45) is 0 Å². The van der Waals surface area contributed by atoms with Crippen molar-refractivity contribution < 1.29 is 19.1 Å². The van der Waals surface area contributed by atoms with Crippen molar-refractivity contribution in [3.63, 3.8) is 0 Å². The molecule has 0 unspecified atom stereocenters. The molecule has 0 bridgehead atoms. The molecule has 2 aromatic rings. The number of likely N-dealkylation sites (N-methyl/N-ethyl adjacent to an activating group) is 1. The summed E-state index contributed by atoms with van der Waals surface area (Å²) in [7, 11) is 3.93. The van der Waals surface area contributed by atoms with Gasteiger partial charge >= 0.3 is 5.97 Å². The Morgan fingerprint density at radius 1 is 1.44 bits per heavy atom. The molecule has 0 fully saturated rings. The summed E-state index contributed by atoms with van der Waals surface area (Å²) in [4.78, 5) is 12.9. The Hall–Kier alpha value is -2.01. The van der Waals surface area contributed by atoms with Crippen LogP contribution in [0.3, 0.4) is 0 Å². The number of benzene rings is 1. The topological polar surface area (TPSA) is 62.9 Å². The Morgan fingerprint density at radius 2 is 2.22 bits per heavy atom. The maximum absolute atomic E-state index is 10.8. The molecule has 0 spiro atoms. The molecule has 0 atom stereocenters. The molecule has 0 saturated carbocycles. The lowest BCUT2D eigenvalue weighted by molar-refractivity contribution is 0.0665. The third kappa shape index (κ3) is 2.62. The number of carboxylic acid groups (broad SMARTS) is 1. The van der Waals surface area contributed by atoms with Crippen molar-refractivity contribution in [3.05, 3.63) is 30.0 Å². The molecule has 18 heavy (non-hydrogen) atoms. The predicted molar refractivity (Wildman–Crippen MR) is 67.2 cm³/mol. The van der Waals surface area contributed by atoms with Crippen molar-refractivity contribution in [1.29, 1.82) is 0 Å². The van der Waals surface area contributed by atoms with Crippen molar-refractivity contribution in [3.8, 4) is 5.75 Å². The van der Waals surface area contributed by atoms with Gasteiger partial charge in [0, 0.05) is 12.6 Å². The van der Waals surface area contributed by atoms with E-state index in [0.717, 1.165) is 6.54 Å². The molecule has 0 aliphatic heterocycles. The number of furan rings is 1. The molecular formula is C13H15NO4. The number of nitrogens with zero attached hydrogens (tertiary/aromatic N) is 1. The van der Waals surface area contributed by atoms with E-state index in [1.54, 1.807) is 18.2 Å². The Morgan fingerprint density at radius 3 is 2.89 bits per heavy atom. The molecule has 1 N–H and O–H groups in total. The lowest BCUT2D eigenvalue weighted by Gasteiger charge is -2.11. The molecule has 5 nitrogen and oxygen atoms in total. The standard InChI is InChI=1S/C13H15NO4/c1-14(2)6-7-17-10-4-3-5-11-9(10)8-12(18-11)13(15)16/h3-5,8H,6-7H2,1-2H3,(H,15,16). The van der Waals surface area contributed by atoms with Gasteiger partial charge in [0.15, 0.2) is 0 Å². The number of ether oxygens (including phenoxy) is 1. The Bertz CT molecular complexity index is 559. The summed E-state index contributed by atoms with van der Waals surface area (Å²) in [6, 6.07) is 6.80. The number of carboxylic acids is 1. The highest BCUT2D eigenvalue weighted by molar-refractivity contribution is 5.93. The number of rotatable bonds is 5. The number of aromatic carboxylic acids is 1. The molecule has 0 saturated heterocycles. The Kier molecular flexibility index (Phi) is 3.53. The fourth-order valence-electron chi connectivity index (χ4n) is 1.60. The van der Waals surface area contributed by atoms with E-state index >= 15 is 0 Å². The average Bonchev–Trinajstić information content (AvgIpc) is 2.73. The van der Waals surface area contributed by atoms with Gasteiger partial charge in [-0.05, 0) is 26.2 Å². The quantitative estimate of drug-likeness (QED) is 0.878. The van der Waals surface area contributed by atoms with Gasteiger partial charge in [-0.15, -0.1) is 0 Å². The predicted octanol–water partition coefficient (Wildman–Crippen LogP) is 2.07.